The first-order valence-corrected chi connectivity index (χ1v) is 7.81. The van der Waals surface area contributed by atoms with E-state index in [1.165, 1.54) is 38.5 Å². The summed E-state index contributed by atoms with van der Waals surface area (Å²) in [5.41, 5.74) is 1.91. The van der Waals surface area contributed by atoms with Crippen LogP contribution in [0.3, 0.4) is 0 Å². The van der Waals surface area contributed by atoms with E-state index in [1.54, 1.807) is 0 Å². The number of hydrogen-bond donors (Lipinski definition) is 1. The second-order valence-corrected chi connectivity index (χ2v) is 7.32. The molecule has 4 aliphatic rings. The molecular weight excluding hydrogens is 246 g/mol. The Balaban J connectivity index is 1.63. The zero-order valence-corrected chi connectivity index (χ0v) is 12.0. The highest BCUT2D eigenvalue weighted by Gasteiger charge is 2.51. The Bertz CT molecular complexity index is 549. The maximum atomic E-state index is 9.11. The predicted octanol–water partition coefficient (Wildman–Crippen LogP) is 3.64. The second-order valence-electron chi connectivity index (χ2n) is 7.32. The summed E-state index contributed by atoms with van der Waals surface area (Å²) in [6, 6.07) is 6.00. The molecule has 4 aliphatic carbocycles. The van der Waals surface area contributed by atoms with Crippen molar-refractivity contribution in [2.75, 3.05) is 5.32 Å². The number of rotatable bonds is 2. The van der Waals surface area contributed by atoms with Gasteiger partial charge in [-0.15, -0.1) is 0 Å². The largest absolute Gasteiger partial charge is 0.365 e. The van der Waals surface area contributed by atoms with Gasteiger partial charge in [-0.3, -0.25) is 0 Å². The number of pyridine rings is 1. The Labute approximate surface area is 120 Å². The molecule has 0 aromatic carbocycles. The third-order valence-corrected chi connectivity index (χ3v) is 5.51. The van der Waals surface area contributed by atoms with E-state index < -0.39 is 0 Å². The SMILES string of the molecule is Cc1cc(C#N)cc(NC23CC4CC(CC(C4)C2)C3)n1. The molecular formula is C17H21N3. The first-order chi connectivity index (χ1) is 9.64. The lowest BCUT2D eigenvalue weighted by Crippen LogP contribution is -2.54. The van der Waals surface area contributed by atoms with Crippen LogP contribution in [0.25, 0.3) is 0 Å². The Morgan fingerprint density at radius 3 is 2.30 bits per heavy atom. The van der Waals surface area contributed by atoms with Crippen LogP contribution >= 0.6 is 0 Å². The van der Waals surface area contributed by atoms with Gasteiger partial charge < -0.3 is 5.32 Å². The fourth-order valence-electron chi connectivity index (χ4n) is 5.33. The topological polar surface area (TPSA) is 48.7 Å². The summed E-state index contributed by atoms with van der Waals surface area (Å²) in [5.74, 6) is 3.68. The molecule has 1 aromatic heterocycles. The van der Waals surface area contributed by atoms with Crippen molar-refractivity contribution >= 4 is 5.82 Å². The summed E-state index contributed by atoms with van der Waals surface area (Å²) in [4.78, 5) is 4.60. The predicted molar refractivity (Wildman–Crippen MR) is 78.2 cm³/mol. The Morgan fingerprint density at radius 2 is 1.75 bits per heavy atom. The van der Waals surface area contributed by atoms with E-state index in [0.717, 1.165) is 29.3 Å². The molecule has 20 heavy (non-hydrogen) atoms. The van der Waals surface area contributed by atoms with Crippen LogP contribution in [0.15, 0.2) is 12.1 Å². The quantitative estimate of drug-likeness (QED) is 0.890. The monoisotopic (exact) mass is 267 g/mol. The van der Waals surface area contributed by atoms with E-state index in [-0.39, 0.29) is 5.54 Å². The van der Waals surface area contributed by atoms with E-state index in [9.17, 15) is 0 Å². The van der Waals surface area contributed by atoms with Gasteiger partial charge in [0.2, 0.25) is 0 Å². The van der Waals surface area contributed by atoms with Crippen molar-refractivity contribution in [3.05, 3.63) is 23.4 Å². The molecule has 0 amide bonds. The van der Waals surface area contributed by atoms with Crippen molar-refractivity contribution in [1.29, 1.82) is 5.26 Å². The smallest absolute Gasteiger partial charge is 0.127 e. The van der Waals surface area contributed by atoms with Crippen molar-refractivity contribution in [2.24, 2.45) is 17.8 Å². The summed E-state index contributed by atoms with van der Waals surface area (Å²) < 4.78 is 0. The number of anilines is 1. The highest BCUT2D eigenvalue weighted by atomic mass is 15.1. The second kappa shape index (κ2) is 4.22. The van der Waals surface area contributed by atoms with Gasteiger partial charge in [-0.1, -0.05) is 0 Å². The first-order valence-electron chi connectivity index (χ1n) is 7.81. The van der Waals surface area contributed by atoms with Crippen LogP contribution < -0.4 is 5.32 Å². The number of aromatic nitrogens is 1. The molecule has 0 aliphatic heterocycles. The van der Waals surface area contributed by atoms with Gasteiger partial charge in [-0.25, -0.2) is 4.98 Å². The molecule has 0 unspecified atom stereocenters. The number of aryl methyl sites for hydroxylation is 1. The van der Waals surface area contributed by atoms with E-state index >= 15 is 0 Å². The molecule has 0 spiro atoms. The van der Waals surface area contributed by atoms with Crippen LogP contribution in [0.5, 0.6) is 0 Å². The molecule has 3 nitrogen and oxygen atoms in total. The average Bonchev–Trinajstić information content (AvgIpc) is 2.35. The van der Waals surface area contributed by atoms with Gasteiger partial charge in [0.25, 0.3) is 0 Å². The summed E-state index contributed by atoms with van der Waals surface area (Å²) in [7, 11) is 0. The lowest BCUT2D eigenvalue weighted by molar-refractivity contribution is 0.0105. The van der Waals surface area contributed by atoms with Crippen LogP contribution in [0.4, 0.5) is 5.82 Å². The van der Waals surface area contributed by atoms with Gasteiger partial charge in [-0.05, 0) is 75.3 Å². The number of nitrogens with one attached hydrogen (secondary N) is 1. The van der Waals surface area contributed by atoms with Gasteiger partial charge in [0.05, 0.1) is 11.6 Å². The minimum atomic E-state index is 0.266. The molecule has 0 saturated heterocycles. The van der Waals surface area contributed by atoms with Gasteiger partial charge in [-0.2, -0.15) is 5.26 Å². The van der Waals surface area contributed by atoms with Crippen molar-refractivity contribution in [1.82, 2.24) is 4.98 Å². The summed E-state index contributed by atoms with van der Waals surface area (Å²) >= 11 is 0. The molecule has 4 fully saturated rings. The first kappa shape index (κ1) is 12.2. The summed E-state index contributed by atoms with van der Waals surface area (Å²) in [5, 5.41) is 12.9. The minimum absolute atomic E-state index is 0.266. The zero-order valence-electron chi connectivity index (χ0n) is 12.0. The fraction of sp³-hybridized carbons (Fsp3) is 0.647. The van der Waals surface area contributed by atoms with Crippen LogP contribution in [0.1, 0.15) is 49.8 Å². The summed E-state index contributed by atoms with van der Waals surface area (Å²) in [6.07, 6.45) is 8.26. The molecule has 1 N–H and O–H groups in total. The van der Waals surface area contributed by atoms with E-state index in [4.69, 9.17) is 5.26 Å². The van der Waals surface area contributed by atoms with Crippen molar-refractivity contribution in [3.63, 3.8) is 0 Å². The molecule has 4 bridgehead atoms. The zero-order chi connectivity index (χ0) is 13.7. The minimum Gasteiger partial charge on any atom is -0.365 e. The maximum Gasteiger partial charge on any atom is 0.127 e. The molecule has 1 heterocycles. The van der Waals surface area contributed by atoms with E-state index in [2.05, 4.69) is 16.4 Å². The van der Waals surface area contributed by atoms with Crippen molar-refractivity contribution in [2.45, 2.75) is 51.0 Å². The van der Waals surface area contributed by atoms with Crippen molar-refractivity contribution in [3.8, 4) is 6.07 Å². The number of hydrogen-bond acceptors (Lipinski definition) is 3. The van der Waals surface area contributed by atoms with Crippen LogP contribution in [0.2, 0.25) is 0 Å². The van der Waals surface area contributed by atoms with Gasteiger partial charge in [0, 0.05) is 11.2 Å². The average molecular weight is 267 g/mol. The molecule has 4 saturated carbocycles. The third kappa shape index (κ3) is 1.98. The van der Waals surface area contributed by atoms with Gasteiger partial charge >= 0.3 is 0 Å². The molecule has 104 valence electrons. The molecule has 3 heteroatoms. The standard InChI is InChI=1S/C17H21N3/c1-11-2-15(10-18)6-16(19-11)20-17-7-12-3-13(8-17)5-14(4-12)9-17/h2,6,12-14H,3-5,7-9H2,1H3,(H,19,20). The molecule has 0 radical (unpaired) electrons. The summed E-state index contributed by atoms with van der Waals surface area (Å²) in [6.45, 7) is 1.96. The van der Waals surface area contributed by atoms with Crippen molar-refractivity contribution < 1.29 is 0 Å². The Hall–Kier alpha value is -1.56. The van der Waals surface area contributed by atoms with Crippen LogP contribution in [-0.4, -0.2) is 10.5 Å². The van der Waals surface area contributed by atoms with Crippen LogP contribution in [0, 0.1) is 36.0 Å². The Morgan fingerprint density at radius 1 is 1.15 bits per heavy atom. The fourth-order valence-corrected chi connectivity index (χ4v) is 5.33. The number of nitriles is 1. The third-order valence-electron chi connectivity index (χ3n) is 5.51. The van der Waals surface area contributed by atoms with Crippen LogP contribution in [-0.2, 0) is 0 Å². The maximum absolute atomic E-state index is 9.11. The van der Waals surface area contributed by atoms with E-state index in [0.29, 0.717) is 5.56 Å². The highest BCUT2D eigenvalue weighted by molar-refractivity contribution is 5.46. The molecule has 1 aromatic rings. The lowest BCUT2D eigenvalue weighted by Gasteiger charge is -2.57. The highest BCUT2D eigenvalue weighted by Crippen LogP contribution is 2.56. The van der Waals surface area contributed by atoms with Gasteiger partial charge in [0.1, 0.15) is 5.82 Å². The lowest BCUT2D eigenvalue weighted by atomic mass is 9.53. The Kier molecular flexibility index (Phi) is 2.57. The van der Waals surface area contributed by atoms with E-state index in [1.807, 2.05) is 19.1 Å². The number of nitrogens with zero attached hydrogens (tertiary/aromatic N) is 2. The molecule has 5 rings (SSSR count). The normalized spacial score (nSPS) is 37.7. The molecule has 0 atom stereocenters. The van der Waals surface area contributed by atoms with Gasteiger partial charge in [0.15, 0.2) is 0 Å².